The molecule has 0 fully saturated rings. The Hall–Kier alpha value is -2.81. The number of hydrogen-bond donors (Lipinski definition) is 1. The molecule has 0 saturated carbocycles. The van der Waals surface area contributed by atoms with Crippen LogP contribution in [0.4, 0.5) is 0 Å². The molecule has 0 aliphatic carbocycles. The summed E-state index contributed by atoms with van der Waals surface area (Å²) in [6, 6.07) is 11.0. The second-order valence-electron chi connectivity index (χ2n) is 6.66. The Kier molecular flexibility index (Phi) is 4.49. The van der Waals surface area contributed by atoms with Crippen LogP contribution in [0.15, 0.2) is 57.3 Å². The molecule has 25 heavy (non-hydrogen) atoms. The van der Waals surface area contributed by atoms with Gasteiger partial charge < -0.3 is 9.52 Å². The van der Waals surface area contributed by atoms with Crippen molar-refractivity contribution in [2.75, 3.05) is 0 Å². The first-order valence-electron chi connectivity index (χ1n) is 8.37. The summed E-state index contributed by atoms with van der Waals surface area (Å²) >= 11 is 0. The summed E-state index contributed by atoms with van der Waals surface area (Å²) in [5.41, 5.74) is 5.27. The van der Waals surface area contributed by atoms with Gasteiger partial charge in [-0.05, 0) is 63.4 Å². The molecule has 0 radical (unpaired) electrons. The maximum atomic E-state index is 12.7. The van der Waals surface area contributed by atoms with Gasteiger partial charge in [-0.3, -0.25) is 4.79 Å². The average molecular weight is 334 g/mol. The average Bonchev–Trinajstić information content (AvgIpc) is 2.57. The fourth-order valence-electron chi connectivity index (χ4n) is 2.93. The molecule has 3 heteroatoms. The zero-order chi connectivity index (χ0) is 18.1. The Balaban J connectivity index is 2.20. The topological polar surface area (TPSA) is 50.4 Å². The van der Waals surface area contributed by atoms with Crippen molar-refractivity contribution < 1.29 is 9.52 Å². The van der Waals surface area contributed by atoms with Gasteiger partial charge in [-0.2, -0.15) is 0 Å². The van der Waals surface area contributed by atoms with E-state index in [1.807, 2.05) is 6.07 Å². The first-order valence-corrected chi connectivity index (χ1v) is 8.37. The lowest BCUT2D eigenvalue weighted by Gasteiger charge is -2.11. The molecule has 2 aromatic carbocycles. The lowest BCUT2D eigenvalue weighted by Crippen LogP contribution is -2.07. The molecular formula is C22H22O3. The van der Waals surface area contributed by atoms with Crippen molar-refractivity contribution in [3.05, 3.63) is 75.0 Å². The quantitative estimate of drug-likeness (QED) is 0.662. The van der Waals surface area contributed by atoms with Gasteiger partial charge in [-0.25, -0.2) is 0 Å². The van der Waals surface area contributed by atoms with Gasteiger partial charge in [0.05, 0.1) is 0 Å². The van der Waals surface area contributed by atoms with Gasteiger partial charge in [0.15, 0.2) is 5.43 Å². The highest BCUT2D eigenvalue weighted by atomic mass is 16.3. The first kappa shape index (κ1) is 17.0. The minimum atomic E-state index is -0.194. The smallest absolute Gasteiger partial charge is 0.199 e. The summed E-state index contributed by atoms with van der Waals surface area (Å²) < 4.78 is 5.99. The molecule has 1 aromatic heterocycles. The van der Waals surface area contributed by atoms with Gasteiger partial charge in [0.1, 0.15) is 22.5 Å². The van der Waals surface area contributed by atoms with Gasteiger partial charge in [0.2, 0.25) is 0 Å². The third-order valence-electron chi connectivity index (χ3n) is 4.47. The second-order valence-corrected chi connectivity index (χ2v) is 6.66. The van der Waals surface area contributed by atoms with E-state index in [2.05, 4.69) is 39.0 Å². The van der Waals surface area contributed by atoms with Crippen LogP contribution in [0.5, 0.6) is 5.75 Å². The van der Waals surface area contributed by atoms with Crippen molar-refractivity contribution in [3.8, 4) is 17.1 Å². The number of phenolic OH excluding ortho intramolecular Hbond substituents is 1. The van der Waals surface area contributed by atoms with Crippen LogP contribution >= 0.6 is 0 Å². The summed E-state index contributed by atoms with van der Waals surface area (Å²) in [6.45, 7) is 7.98. The van der Waals surface area contributed by atoms with E-state index < -0.39 is 0 Å². The van der Waals surface area contributed by atoms with Gasteiger partial charge >= 0.3 is 0 Å². The molecule has 0 bridgehead atoms. The van der Waals surface area contributed by atoms with Gasteiger partial charge in [-0.1, -0.05) is 29.8 Å². The van der Waals surface area contributed by atoms with Crippen molar-refractivity contribution in [1.82, 2.24) is 0 Å². The molecule has 3 rings (SSSR count). The summed E-state index contributed by atoms with van der Waals surface area (Å²) in [4.78, 5) is 12.7. The number of phenols is 1. The molecular weight excluding hydrogens is 312 g/mol. The minimum Gasteiger partial charge on any atom is -0.507 e. The molecule has 0 unspecified atom stereocenters. The highest BCUT2D eigenvalue weighted by Gasteiger charge is 2.15. The predicted octanol–water partition coefficient (Wildman–Crippen LogP) is 5.29. The fraction of sp³-hybridized carbons (Fsp3) is 0.227. The van der Waals surface area contributed by atoms with Crippen LogP contribution in [0.1, 0.15) is 30.5 Å². The Morgan fingerprint density at radius 2 is 1.92 bits per heavy atom. The first-order chi connectivity index (χ1) is 11.9. The number of rotatable bonds is 3. The van der Waals surface area contributed by atoms with E-state index in [0.29, 0.717) is 16.9 Å². The van der Waals surface area contributed by atoms with Crippen molar-refractivity contribution >= 4 is 11.0 Å². The highest BCUT2D eigenvalue weighted by Crippen LogP contribution is 2.30. The number of aryl methyl sites for hydroxylation is 1. The Morgan fingerprint density at radius 1 is 1.16 bits per heavy atom. The summed E-state index contributed by atoms with van der Waals surface area (Å²) in [5, 5.41) is 10.2. The molecule has 0 aliphatic heterocycles. The number of benzene rings is 2. The van der Waals surface area contributed by atoms with E-state index in [0.717, 1.165) is 12.0 Å². The van der Waals surface area contributed by atoms with Crippen LogP contribution in [-0.4, -0.2) is 5.11 Å². The number of allylic oxidation sites excluding steroid dienone is 2. The largest absolute Gasteiger partial charge is 0.507 e. The van der Waals surface area contributed by atoms with E-state index >= 15 is 0 Å². The van der Waals surface area contributed by atoms with Crippen molar-refractivity contribution in [2.45, 2.75) is 34.1 Å². The lowest BCUT2D eigenvalue weighted by molar-refractivity contribution is 0.479. The fourth-order valence-corrected chi connectivity index (χ4v) is 2.93. The Labute approximate surface area is 147 Å². The van der Waals surface area contributed by atoms with E-state index in [-0.39, 0.29) is 16.6 Å². The molecule has 3 aromatic rings. The van der Waals surface area contributed by atoms with Crippen LogP contribution < -0.4 is 5.43 Å². The normalized spacial score (nSPS) is 10.9. The SMILES string of the molecule is CC(C)=CCc1cc(-c2oc3cccc(O)c3c(=O)c2C)ccc1C. The van der Waals surface area contributed by atoms with Crippen LogP contribution in [0, 0.1) is 13.8 Å². The molecule has 1 heterocycles. The zero-order valence-electron chi connectivity index (χ0n) is 15.0. The maximum Gasteiger partial charge on any atom is 0.199 e. The number of aromatic hydroxyl groups is 1. The monoisotopic (exact) mass is 334 g/mol. The molecule has 0 aliphatic rings. The van der Waals surface area contributed by atoms with Crippen molar-refractivity contribution in [1.29, 1.82) is 0 Å². The van der Waals surface area contributed by atoms with Crippen LogP contribution in [0.3, 0.4) is 0 Å². The van der Waals surface area contributed by atoms with E-state index in [4.69, 9.17) is 4.42 Å². The lowest BCUT2D eigenvalue weighted by atomic mass is 9.98. The summed E-state index contributed by atoms with van der Waals surface area (Å²) in [5.74, 6) is 0.510. The molecule has 3 nitrogen and oxygen atoms in total. The van der Waals surface area contributed by atoms with Gasteiger partial charge in [-0.15, -0.1) is 0 Å². The molecule has 1 N–H and O–H groups in total. The maximum absolute atomic E-state index is 12.7. The third-order valence-corrected chi connectivity index (χ3v) is 4.47. The van der Waals surface area contributed by atoms with Crippen molar-refractivity contribution in [2.24, 2.45) is 0 Å². The standard InChI is InChI=1S/C22H22O3/c1-13(2)8-10-16-12-17(11-9-14(16)3)22-15(4)21(24)20-18(23)6-5-7-19(20)25-22/h5-9,11-12,23H,10H2,1-4H3. The van der Waals surface area contributed by atoms with Gasteiger partial charge in [0.25, 0.3) is 0 Å². The van der Waals surface area contributed by atoms with E-state index in [1.165, 1.54) is 22.8 Å². The van der Waals surface area contributed by atoms with Crippen molar-refractivity contribution in [3.63, 3.8) is 0 Å². The second kappa shape index (κ2) is 6.60. The minimum absolute atomic E-state index is 0.0472. The third kappa shape index (κ3) is 3.22. The number of hydrogen-bond acceptors (Lipinski definition) is 3. The molecule has 0 spiro atoms. The summed E-state index contributed by atoms with van der Waals surface area (Å²) in [6.07, 6.45) is 3.03. The van der Waals surface area contributed by atoms with E-state index in [1.54, 1.807) is 19.1 Å². The number of fused-ring (bicyclic) bond motifs is 1. The summed E-state index contributed by atoms with van der Waals surface area (Å²) in [7, 11) is 0. The molecule has 128 valence electrons. The Bertz CT molecular complexity index is 1040. The zero-order valence-corrected chi connectivity index (χ0v) is 15.0. The van der Waals surface area contributed by atoms with Gasteiger partial charge in [0, 0.05) is 11.1 Å². The highest BCUT2D eigenvalue weighted by molar-refractivity contribution is 5.85. The molecule has 0 atom stereocenters. The Morgan fingerprint density at radius 3 is 2.64 bits per heavy atom. The van der Waals surface area contributed by atoms with Crippen LogP contribution in [0.2, 0.25) is 0 Å². The molecule has 0 saturated heterocycles. The van der Waals surface area contributed by atoms with E-state index in [9.17, 15) is 9.90 Å². The van der Waals surface area contributed by atoms with Crippen LogP contribution in [0.25, 0.3) is 22.3 Å². The predicted molar refractivity (Wildman–Crippen MR) is 102 cm³/mol. The molecule has 0 amide bonds. The van der Waals surface area contributed by atoms with Crippen LogP contribution in [-0.2, 0) is 6.42 Å².